The van der Waals surface area contributed by atoms with Crippen LogP contribution in [0.4, 0.5) is 11.8 Å². The van der Waals surface area contributed by atoms with Gasteiger partial charge in [0, 0.05) is 32.4 Å². The maximum Gasteiger partial charge on any atom is 0.227 e. The molecule has 24 heavy (non-hydrogen) atoms. The number of piperidine rings is 1. The molecule has 2 saturated heterocycles. The van der Waals surface area contributed by atoms with E-state index in [1.54, 1.807) is 0 Å². The van der Waals surface area contributed by atoms with E-state index in [9.17, 15) is 5.11 Å². The Morgan fingerprint density at radius 1 is 0.917 bits per heavy atom. The molecule has 3 saturated carbocycles. The molecule has 5 heteroatoms. The number of nitrogens with zero attached hydrogens (tertiary/aromatic N) is 4. The minimum Gasteiger partial charge on any atom is -0.391 e. The number of aliphatic hydroxyl groups excluding tert-OH is 1. The number of β-amino-alcohol motifs (C(OH)–C–C–N with tert-alkyl or cyclic N) is 1. The zero-order valence-corrected chi connectivity index (χ0v) is 14.3. The van der Waals surface area contributed by atoms with Crippen LogP contribution in [-0.4, -0.2) is 47.4 Å². The molecule has 3 heterocycles. The zero-order valence-electron chi connectivity index (χ0n) is 14.3. The number of hydrogen-bond donors (Lipinski definition) is 1. The van der Waals surface area contributed by atoms with E-state index >= 15 is 0 Å². The average molecular weight is 328 g/mol. The molecule has 3 aliphatic carbocycles. The van der Waals surface area contributed by atoms with Gasteiger partial charge in [-0.2, -0.15) is 4.98 Å². The van der Waals surface area contributed by atoms with Crippen LogP contribution in [-0.2, 0) is 0 Å². The fraction of sp³-hybridized carbons (Fsp3) is 0.789. The lowest BCUT2D eigenvalue weighted by atomic mass is 9.60. The molecule has 1 aromatic rings. The Bertz CT molecular complexity index is 581. The second-order valence-electron chi connectivity index (χ2n) is 8.36. The molecule has 130 valence electrons. The van der Waals surface area contributed by atoms with E-state index in [0.717, 1.165) is 67.9 Å². The molecule has 5 nitrogen and oxygen atoms in total. The largest absolute Gasteiger partial charge is 0.391 e. The van der Waals surface area contributed by atoms with Crippen molar-refractivity contribution in [3.63, 3.8) is 0 Å². The SMILES string of the molecule is O[C@@H]1CCCN(c2ccnc(N3C[C@@H]4C5CCC(CC5)[C@@H]4C3)n2)C1. The Hall–Kier alpha value is -1.36. The van der Waals surface area contributed by atoms with Crippen molar-refractivity contribution in [1.82, 2.24) is 9.97 Å². The third-order valence-corrected chi connectivity index (χ3v) is 7.07. The first-order chi connectivity index (χ1) is 11.8. The Balaban J connectivity index is 1.35. The number of fused-ring (bicyclic) bond motifs is 2. The molecule has 0 aromatic carbocycles. The molecular formula is C19H28N4O. The first kappa shape index (κ1) is 14.9. The maximum atomic E-state index is 9.93. The predicted octanol–water partition coefficient (Wildman–Crippen LogP) is 2.31. The normalized spacial score (nSPS) is 38.5. The van der Waals surface area contributed by atoms with Crippen molar-refractivity contribution in [1.29, 1.82) is 0 Å². The van der Waals surface area contributed by atoms with Crippen molar-refractivity contribution in [2.24, 2.45) is 23.7 Å². The second kappa shape index (κ2) is 5.87. The van der Waals surface area contributed by atoms with E-state index in [4.69, 9.17) is 4.98 Å². The standard InChI is InChI=1S/C19H28N4O/c24-15-2-1-9-22(10-15)18-7-8-20-19(21-18)23-11-16-13-3-4-14(6-5-13)17(16)12-23/h7-8,13-17,24H,1-6,9-12H2/t13?,14?,15-,16-,17+/m1/s1. The van der Waals surface area contributed by atoms with Crippen molar-refractivity contribution in [2.45, 2.75) is 44.6 Å². The summed E-state index contributed by atoms with van der Waals surface area (Å²) in [7, 11) is 0. The monoisotopic (exact) mass is 328 g/mol. The third kappa shape index (κ3) is 2.48. The van der Waals surface area contributed by atoms with Gasteiger partial charge in [-0.25, -0.2) is 4.98 Å². The molecule has 0 spiro atoms. The van der Waals surface area contributed by atoms with Gasteiger partial charge in [0.1, 0.15) is 5.82 Å². The van der Waals surface area contributed by atoms with Crippen LogP contribution in [0.15, 0.2) is 12.3 Å². The summed E-state index contributed by atoms with van der Waals surface area (Å²) in [6.07, 6.45) is 9.43. The summed E-state index contributed by atoms with van der Waals surface area (Å²) >= 11 is 0. The van der Waals surface area contributed by atoms with Gasteiger partial charge in [-0.1, -0.05) is 0 Å². The molecule has 5 aliphatic rings. The molecule has 1 aromatic heterocycles. The number of aliphatic hydroxyl groups is 1. The summed E-state index contributed by atoms with van der Waals surface area (Å²) in [4.78, 5) is 14.1. The molecule has 2 bridgehead atoms. The molecule has 5 fully saturated rings. The molecule has 3 atom stereocenters. The van der Waals surface area contributed by atoms with Gasteiger partial charge >= 0.3 is 0 Å². The number of aromatic nitrogens is 2. The topological polar surface area (TPSA) is 52.5 Å². The number of anilines is 2. The molecule has 0 radical (unpaired) electrons. The van der Waals surface area contributed by atoms with Gasteiger partial charge < -0.3 is 14.9 Å². The van der Waals surface area contributed by atoms with Crippen LogP contribution in [0.1, 0.15) is 38.5 Å². The number of rotatable bonds is 2. The first-order valence-corrected chi connectivity index (χ1v) is 9.79. The van der Waals surface area contributed by atoms with Gasteiger partial charge in [0.25, 0.3) is 0 Å². The molecular weight excluding hydrogens is 300 g/mol. The maximum absolute atomic E-state index is 9.93. The Kier molecular flexibility index (Phi) is 3.65. The minimum atomic E-state index is -0.220. The van der Waals surface area contributed by atoms with Crippen LogP contribution >= 0.6 is 0 Å². The van der Waals surface area contributed by atoms with Gasteiger partial charge in [-0.05, 0) is 68.3 Å². The van der Waals surface area contributed by atoms with Crippen molar-refractivity contribution in [3.8, 4) is 0 Å². The Labute approximate surface area is 144 Å². The van der Waals surface area contributed by atoms with E-state index in [1.165, 1.54) is 25.7 Å². The summed E-state index contributed by atoms with van der Waals surface area (Å²) in [5, 5.41) is 9.93. The molecule has 0 unspecified atom stereocenters. The minimum absolute atomic E-state index is 0.220. The van der Waals surface area contributed by atoms with E-state index in [1.807, 2.05) is 12.3 Å². The summed E-state index contributed by atoms with van der Waals surface area (Å²) in [6.45, 7) is 3.99. The molecule has 6 rings (SSSR count). The van der Waals surface area contributed by atoms with E-state index < -0.39 is 0 Å². The number of hydrogen-bond acceptors (Lipinski definition) is 5. The first-order valence-electron chi connectivity index (χ1n) is 9.79. The summed E-state index contributed by atoms with van der Waals surface area (Å²) in [6, 6.07) is 1.99. The van der Waals surface area contributed by atoms with Crippen molar-refractivity contribution >= 4 is 11.8 Å². The van der Waals surface area contributed by atoms with Crippen LogP contribution in [0, 0.1) is 23.7 Å². The second-order valence-corrected chi connectivity index (χ2v) is 8.36. The van der Waals surface area contributed by atoms with Crippen molar-refractivity contribution in [2.75, 3.05) is 36.0 Å². The average Bonchev–Trinajstić information content (AvgIpc) is 3.10. The van der Waals surface area contributed by atoms with E-state index in [2.05, 4.69) is 14.8 Å². The Morgan fingerprint density at radius 3 is 2.29 bits per heavy atom. The highest BCUT2D eigenvalue weighted by molar-refractivity contribution is 5.45. The van der Waals surface area contributed by atoms with E-state index in [-0.39, 0.29) is 6.10 Å². The molecule has 0 amide bonds. The van der Waals surface area contributed by atoms with Crippen LogP contribution in [0.2, 0.25) is 0 Å². The van der Waals surface area contributed by atoms with E-state index in [0.29, 0.717) is 6.54 Å². The summed E-state index contributed by atoms with van der Waals surface area (Å²) < 4.78 is 0. The van der Waals surface area contributed by atoms with Crippen LogP contribution in [0.25, 0.3) is 0 Å². The van der Waals surface area contributed by atoms with Crippen LogP contribution < -0.4 is 9.80 Å². The summed E-state index contributed by atoms with van der Waals surface area (Å²) in [5.74, 6) is 5.54. The van der Waals surface area contributed by atoms with Gasteiger partial charge in [-0.15, -0.1) is 0 Å². The lowest BCUT2D eigenvalue weighted by molar-refractivity contribution is 0.0577. The molecule has 1 N–H and O–H groups in total. The lowest BCUT2D eigenvalue weighted by Crippen LogP contribution is -2.39. The van der Waals surface area contributed by atoms with Crippen LogP contribution in [0.5, 0.6) is 0 Å². The fourth-order valence-corrected chi connectivity index (χ4v) is 5.85. The van der Waals surface area contributed by atoms with Crippen molar-refractivity contribution < 1.29 is 5.11 Å². The van der Waals surface area contributed by atoms with Crippen molar-refractivity contribution in [3.05, 3.63) is 12.3 Å². The zero-order chi connectivity index (χ0) is 16.1. The lowest BCUT2D eigenvalue weighted by Gasteiger charge is -2.44. The quantitative estimate of drug-likeness (QED) is 0.903. The Morgan fingerprint density at radius 2 is 1.62 bits per heavy atom. The third-order valence-electron chi connectivity index (χ3n) is 7.07. The van der Waals surface area contributed by atoms with Crippen LogP contribution in [0.3, 0.4) is 0 Å². The highest BCUT2D eigenvalue weighted by Crippen LogP contribution is 2.52. The summed E-state index contributed by atoms with van der Waals surface area (Å²) in [5.41, 5.74) is 0. The predicted molar refractivity (Wildman–Crippen MR) is 94.1 cm³/mol. The van der Waals surface area contributed by atoms with Gasteiger partial charge in [-0.3, -0.25) is 0 Å². The highest BCUT2D eigenvalue weighted by Gasteiger charge is 2.48. The molecule has 2 aliphatic heterocycles. The van der Waals surface area contributed by atoms with Gasteiger partial charge in [0.05, 0.1) is 6.10 Å². The van der Waals surface area contributed by atoms with Gasteiger partial charge in [0.15, 0.2) is 0 Å². The fourth-order valence-electron chi connectivity index (χ4n) is 5.85. The van der Waals surface area contributed by atoms with Gasteiger partial charge in [0.2, 0.25) is 5.95 Å². The highest BCUT2D eigenvalue weighted by atomic mass is 16.3. The smallest absolute Gasteiger partial charge is 0.227 e.